The maximum atomic E-state index is 11.0. The van der Waals surface area contributed by atoms with E-state index in [-0.39, 0.29) is 5.69 Å². The van der Waals surface area contributed by atoms with E-state index in [0.717, 1.165) is 19.6 Å². The molecule has 0 saturated carbocycles. The molecule has 20 heavy (non-hydrogen) atoms. The summed E-state index contributed by atoms with van der Waals surface area (Å²) in [6, 6.07) is 6.38. The van der Waals surface area contributed by atoms with Crippen LogP contribution in [0.4, 0.5) is 11.4 Å². The number of nitriles is 1. The summed E-state index contributed by atoms with van der Waals surface area (Å²) in [5, 5.41) is 22.9. The molecule has 1 aromatic carbocycles. The van der Waals surface area contributed by atoms with Crippen LogP contribution < -0.4 is 5.32 Å². The highest BCUT2D eigenvalue weighted by Crippen LogP contribution is 2.25. The van der Waals surface area contributed by atoms with Crippen LogP contribution in [0.5, 0.6) is 0 Å². The van der Waals surface area contributed by atoms with Gasteiger partial charge in [0.1, 0.15) is 5.69 Å². The third-order valence-corrected chi connectivity index (χ3v) is 3.51. The number of rotatable bonds is 5. The lowest BCUT2D eigenvalue weighted by Gasteiger charge is -2.26. The Kier molecular flexibility index (Phi) is 4.91. The molecule has 0 amide bonds. The Morgan fingerprint density at radius 2 is 2.10 bits per heavy atom. The number of nitro groups is 1. The normalized spacial score (nSPS) is 15.6. The van der Waals surface area contributed by atoms with Gasteiger partial charge in [0.25, 0.3) is 5.69 Å². The lowest BCUT2D eigenvalue weighted by molar-refractivity contribution is -0.384. The van der Waals surface area contributed by atoms with E-state index in [4.69, 9.17) is 5.26 Å². The first-order valence-corrected chi connectivity index (χ1v) is 6.85. The largest absolute Gasteiger partial charge is 0.378 e. The summed E-state index contributed by atoms with van der Waals surface area (Å²) in [7, 11) is 0. The molecule has 106 valence electrons. The summed E-state index contributed by atoms with van der Waals surface area (Å²) in [5.74, 6) is 0. The van der Waals surface area contributed by atoms with E-state index >= 15 is 0 Å². The van der Waals surface area contributed by atoms with Crippen molar-refractivity contribution in [1.29, 1.82) is 5.26 Å². The van der Waals surface area contributed by atoms with Crippen LogP contribution in [-0.4, -0.2) is 36.0 Å². The maximum absolute atomic E-state index is 11.0. The van der Waals surface area contributed by atoms with Crippen LogP contribution >= 0.6 is 0 Å². The monoisotopic (exact) mass is 274 g/mol. The van der Waals surface area contributed by atoms with Gasteiger partial charge in [0.05, 0.1) is 16.6 Å². The number of anilines is 1. The second kappa shape index (κ2) is 6.87. The molecule has 1 fully saturated rings. The third kappa shape index (κ3) is 3.68. The number of nitrogens with zero attached hydrogens (tertiary/aromatic N) is 3. The SMILES string of the molecule is N#Cc1ccc([N+](=O)[O-])c(NCCN2CCCCC2)c1. The molecule has 0 bridgehead atoms. The van der Waals surface area contributed by atoms with E-state index in [1.165, 1.54) is 37.5 Å². The van der Waals surface area contributed by atoms with Crippen LogP contribution in [0.1, 0.15) is 24.8 Å². The predicted octanol–water partition coefficient (Wildman–Crippen LogP) is 2.36. The van der Waals surface area contributed by atoms with Gasteiger partial charge >= 0.3 is 0 Å². The smallest absolute Gasteiger partial charge is 0.292 e. The Bertz CT molecular complexity index is 518. The van der Waals surface area contributed by atoms with Crippen molar-refractivity contribution in [3.8, 4) is 6.07 Å². The summed E-state index contributed by atoms with van der Waals surface area (Å²) < 4.78 is 0. The van der Waals surface area contributed by atoms with E-state index < -0.39 is 4.92 Å². The Hall–Kier alpha value is -2.13. The number of piperidine rings is 1. The molecule has 0 aromatic heterocycles. The summed E-state index contributed by atoms with van der Waals surface area (Å²) in [6.07, 6.45) is 3.74. The highest BCUT2D eigenvalue weighted by Gasteiger charge is 2.15. The average Bonchev–Trinajstić information content (AvgIpc) is 2.48. The molecule has 0 atom stereocenters. The van der Waals surface area contributed by atoms with Gasteiger partial charge in [0, 0.05) is 19.2 Å². The zero-order chi connectivity index (χ0) is 14.4. The van der Waals surface area contributed by atoms with E-state index in [2.05, 4.69) is 10.2 Å². The van der Waals surface area contributed by atoms with E-state index in [1.54, 1.807) is 0 Å². The molecule has 6 nitrogen and oxygen atoms in total. The molecule has 0 unspecified atom stereocenters. The zero-order valence-corrected chi connectivity index (χ0v) is 11.3. The van der Waals surface area contributed by atoms with Gasteiger partial charge < -0.3 is 10.2 Å². The Balaban J connectivity index is 1.96. The van der Waals surface area contributed by atoms with Gasteiger partial charge in [-0.05, 0) is 38.1 Å². The molecule has 1 aliphatic rings. The fourth-order valence-corrected chi connectivity index (χ4v) is 2.44. The minimum absolute atomic E-state index is 0.0163. The van der Waals surface area contributed by atoms with Crippen molar-refractivity contribution >= 4 is 11.4 Å². The average molecular weight is 274 g/mol. The summed E-state index contributed by atoms with van der Waals surface area (Å²) in [5.41, 5.74) is 0.866. The van der Waals surface area contributed by atoms with Gasteiger partial charge in [-0.1, -0.05) is 6.42 Å². The van der Waals surface area contributed by atoms with Crippen molar-refractivity contribution in [2.45, 2.75) is 19.3 Å². The van der Waals surface area contributed by atoms with E-state index in [0.29, 0.717) is 17.8 Å². The van der Waals surface area contributed by atoms with Gasteiger partial charge in [-0.15, -0.1) is 0 Å². The highest BCUT2D eigenvalue weighted by molar-refractivity contribution is 5.64. The van der Waals surface area contributed by atoms with Crippen LogP contribution in [0.2, 0.25) is 0 Å². The van der Waals surface area contributed by atoms with Crippen LogP contribution in [-0.2, 0) is 0 Å². The maximum Gasteiger partial charge on any atom is 0.292 e. The van der Waals surface area contributed by atoms with Crippen molar-refractivity contribution in [3.05, 3.63) is 33.9 Å². The van der Waals surface area contributed by atoms with E-state index in [1.807, 2.05) is 6.07 Å². The molecule has 1 saturated heterocycles. The third-order valence-electron chi connectivity index (χ3n) is 3.51. The Labute approximate surface area is 118 Å². The van der Waals surface area contributed by atoms with Crippen LogP contribution in [0, 0.1) is 21.4 Å². The molecule has 2 rings (SSSR count). The zero-order valence-electron chi connectivity index (χ0n) is 11.3. The van der Waals surface area contributed by atoms with Gasteiger partial charge in [0.2, 0.25) is 0 Å². The molecule has 0 radical (unpaired) electrons. The first-order chi connectivity index (χ1) is 9.70. The fourth-order valence-electron chi connectivity index (χ4n) is 2.44. The lowest BCUT2D eigenvalue weighted by atomic mass is 10.1. The first-order valence-electron chi connectivity index (χ1n) is 6.85. The lowest BCUT2D eigenvalue weighted by Crippen LogP contribution is -2.33. The van der Waals surface area contributed by atoms with Crippen molar-refractivity contribution in [1.82, 2.24) is 4.90 Å². The molecular formula is C14H18N4O2. The van der Waals surface area contributed by atoms with Gasteiger partial charge in [-0.2, -0.15) is 5.26 Å². The van der Waals surface area contributed by atoms with Crippen molar-refractivity contribution in [2.24, 2.45) is 0 Å². The predicted molar refractivity (Wildman–Crippen MR) is 76.6 cm³/mol. The Morgan fingerprint density at radius 1 is 1.35 bits per heavy atom. The van der Waals surface area contributed by atoms with Crippen molar-refractivity contribution < 1.29 is 4.92 Å². The van der Waals surface area contributed by atoms with Crippen molar-refractivity contribution in [2.75, 3.05) is 31.5 Å². The van der Waals surface area contributed by atoms with Crippen LogP contribution in [0.3, 0.4) is 0 Å². The first kappa shape index (κ1) is 14.3. The van der Waals surface area contributed by atoms with E-state index in [9.17, 15) is 10.1 Å². The summed E-state index contributed by atoms with van der Waals surface area (Å²) >= 11 is 0. The van der Waals surface area contributed by atoms with Gasteiger partial charge in [-0.25, -0.2) is 0 Å². The van der Waals surface area contributed by atoms with Crippen molar-refractivity contribution in [3.63, 3.8) is 0 Å². The minimum atomic E-state index is -0.426. The molecule has 0 aliphatic carbocycles. The molecule has 1 aromatic rings. The number of hydrogen-bond acceptors (Lipinski definition) is 5. The Morgan fingerprint density at radius 3 is 2.75 bits per heavy atom. The molecular weight excluding hydrogens is 256 g/mol. The summed E-state index contributed by atoms with van der Waals surface area (Å²) in [4.78, 5) is 12.9. The standard InChI is InChI=1S/C14H18N4O2/c15-11-12-4-5-14(18(19)20)13(10-12)16-6-9-17-7-2-1-3-8-17/h4-5,10,16H,1-3,6-9H2. The fraction of sp³-hybridized carbons (Fsp3) is 0.500. The molecule has 6 heteroatoms. The molecule has 1 heterocycles. The number of likely N-dealkylation sites (tertiary alicyclic amines) is 1. The number of nitro benzene ring substituents is 1. The molecule has 1 N–H and O–H groups in total. The quantitative estimate of drug-likeness (QED) is 0.658. The van der Waals surface area contributed by atoms with Gasteiger partial charge in [0.15, 0.2) is 0 Å². The summed E-state index contributed by atoms with van der Waals surface area (Å²) in [6.45, 7) is 3.72. The number of benzene rings is 1. The second-order valence-corrected chi connectivity index (χ2v) is 4.93. The second-order valence-electron chi connectivity index (χ2n) is 4.93. The minimum Gasteiger partial charge on any atom is -0.378 e. The van der Waals surface area contributed by atoms with Crippen LogP contribution in [0.25, 0.3) is 0 Å². The molecule has 0 spiro atoms. The number of hydrogen-bond donors (Lipinski definition) is 1. The molecule has 1 aliphatic heterocycles. The van der Waals surface area contributed by atoms with Gasteiger partial charge in [-0.3, -0.25) is 10.1 Å². The highest BCUT2D eigenvalue weighted by atomic mass is 16.6. The van der Waals surface area contributed by atoms with Crippen LogP contribution in [0.15, 0.2) is 18.2 Å². The topological polar surface area (TPSA) is 82.2 Å². The number of nitrogens with one attached hydrogen (secondary N) is 1.